The Morgan fingerprint density at radius 3 is 2.47 bits per heavy atom. The molecule has 0 spiro atoms. The summed E-state index contributed by atoms with van der Waals surface area (Å²) < 4.78 is 10.2. The molecule has 0 bridgehead atoms. The number of cyclic esters (lactones) is 1. The van der Waals surface area contributed by atoms with Crippen LogP contribution in [0.25, 0.3) is 0 Å². The summed E-state index contributed by atoms with van der Waals surface area (Å²) in [4.78, 5) is 22.7. The summed E-state index contributed by atoms with van der Waals surface area (Å²) in [7, 11) is 0. The second-order valence-electron chi connectivity index (χ2n) is 4.44. The van der Waals surface area contributed by atoms with Crippen molar-refractivity contribution in [3.63, 3.8) is 0 Å². The molecule has 4 heteroatoms. The van der Waals surface area contributed by atoms with E-state index in [2.05, 4.69) is 6.58 Å². The Hall–Kier alpha value is -1.58. The van der Waals surface area contributed by atoms with Crippen molar-refractivity contribution in [1.29, 1.82) is 0 Å². The van der Waals surface area contributed by atoms with E-state index < -0.39 is 11.9 Å². The third-order valence-corrected chi connectivity index (χ3v) is 2.74. The lowest BCUT2D eigenvalue weighted by molar-refractivity contribution is -0.140. The van der Waals surface area contributed by atoms with E-state index in [1.54, 1.807) is 13.0 Å². The molecule has 94 valence electrons. The maximum Gasteiger partial charge on any atom is 0.338 e. The minimum Gasteiger partial charge on any atom is -0.458 e. The molecule has 0 N–H and O–H groups in total. The van der Waals surface area contributed by atoms with Gasteiger partial charge in [0.05, 0.1) is 5.57 Å². The molecular formula is C13H18O4. The fraction of sp³-hybridized carbons (Fsp3) is 0.538. The summed E-state index contributed by atoms with van der Waals surface area (Å²) in [5.74, 6) is -0.604. The van der Waals surface area contributed by atoms with E-state index in [4.69, 9.17) is 9.47 Å². The second-order valence-corrected chi connectivity index (χ2v) is 4.44. The lowest BCUT2D eigenvalue weighted by Gasteiger charge is -2.18. The van der Waals surface area contributed by atoms with Crippen molar-refractivity contribution in [1.82, 2.24) is 0 Å². The summed E-state index contributed by atoms with van der Waals surface area (Å²) in [6.45, 7) is 10.5. The van der Waals surface area contributed by atoms with Crippen LogP contribution in [-0.2, 0) is 19.1 Å². The van der Waals surface area contributed by atoms with Crippen molar-refractivity contribution in [2.24, 2.45) is 11.8 Å². The molecule has 0 aliphatic carbocycles. The highest BCUT2D eigenvalue weighted by molar-refractivity contribution is 5.93. The molecule has 1 fully saturated rings. The minimum atomic E-state index is -0.446. The molecule has 0 saturated carbocycles. The minimum absolute atomic E-state index is 0.185. The van der Waals surface area contributed by atoms with Crippen molar-refractivity contribution in [3.05, 3.63) is 24.0 Å². The number of esters is 2. The Labute approximate surface area is 101 Å². The van der Waals surface area contributed by atoms with Gasteiger partial charge in [-0.15, -0.1) is 6.58 Å². The van der Waals surface area contributed by atoms with Crippen LogP contribution < -0.4 is 0 Å². The van der Waals surface area contributed by atoms with E-state index in [-0.39, 0.29) is 17.9 Å². The standard InChI is InChI=1S/C13H18O4/c1-6-10-11(8(4)16-9(5)14)13(15)17-12(10)7(2)3/h6-7,10,12H,1H2,2-5H3/b11-8-/t10-,12-/m1/s1. The van der Waals surface area contributed by atoms with Gasteiger partial charge in [0.1, 0.15) is 11.9 Å². The van der Waals surface area contributed by atoms with Gasteiger partial charge >= 0.3 is 11.9 Å². The SMILES string of the molecule is C=C[C@@H]1/C(=C(\C)OC(C)=O)C(=O)O[C@@H]1C(C)C. The van der Waals surface area contributed by atoms with Crippen LogP contribution in [0.1, 0.15) is 27.7 Å². The first-order valence-electron chi connectivity index (χ1n) is 5.61. The van der Waals surface area contributed by atoms with Crippen LogP contribution in [0.15, 0.2) is 24.0 Å². The van der Waals surface area contributed by atoms with Crippen LogP contribution in [0.5, 0.6) is 0 Å². The first-order chi connectivity index (χ1) is 7.88. The van der Waals surface area contributed by atoms with Crippen LogP contribution >= 0.6 is 0 Å². The topological polar surface area (TPSA) is 52.6 Å². The molecule has 2 atom stereocenters. The van der Waals surface area contributed by atoms with Crippen molar-refractivity contribution in [3.8, 4) is 0 Å². The van der Waals surface area contributed by atoms with E-state index in [9.17, 15) is 9.59 Å². The molecule has 0 aromatic rings. The molecule has 1 saturated heterocycles. The first-order valence-corrected chi connectivity index (χ1v) is 5.61. The molecule has 0 unspecified atom stereocenters. The van der Waals surface area contributed by atoms with Crippen LogP contribution in [0.4, 0.5) is 0 Å². The van der Waals surface area contributed by atoms with E-state index >= 15 is 0 Å². The third-order valence-electron chi connectivity index (χ3n) is 2.74. The molecule has 1 aliphatic heterocycles. The average Bonchev–Trinajstić information content (AvgIpc) is 2.54. The highest BCUT2D eigenvalue weighted by Crippen LogP contribution is 2.35. The Kier molecular flexibility index (Phi) is 4.10. The monoisotopic (exact) mass is 238 g/mol. The average molecular weight is 238 g/mol. The van der Waals surface area contributed by atoms with Gasteiger partial charge < -0.3 is 9.47 Å². The lowest BCUT2D eigenvalue weighted by Crippen LogP contribution is -2.21. The number of hydrogen-bond donors (Lipinski definition) is 0. The summed E-state index contributed by atoms with van der Waals surface area (Å²) >= 11 is 0. The Morgan fingerprint density at radius 2 is 2.06 bits per heavy atom. The van der Waals surface area contributed by atoms with Crippen molar-refractivity contribution < 1.29 is 19.1 Å². The maximum absolute atomic E-state index is 11.8. The number of rotatable bonds is 3. The largest absolute Gasteiger partial charge is 0.458 e. The molecule has 17 heavy (non-hydrogen) atoms. The van der Waals surface area contributed by atoms with Gasteiger partial charge in [-0.05, 0) is 12.8 Å². The molecule has 0 aromatic carbocycles. The summed E-state index contributed by atoms with van der Waals surface area (Å²) in [5.41, 5.74) is 0.397. The quantitative estimate of drug-likeness (QED) is 0.327. The van der Waals surface area contributed by atoms with Gasteiger partial charge in [-0.1, -0.05) is 19.9 Å². The molecular weight excluding hydrogens is 220 g/mol. The number of carbonyl (C=O) groups is 2. The molecule has 0 aromatic heterocycles. The fourth-order valence-electron chi connectivity index (χ4n) is 2.01. The zero-order valence-corrected chi connectivity index (χ0v) is 10.6. The van der Waals surface area contributed by atoms with Crippen LogP contribution in [0.2, 0.25) is 0 Å². The molecule has 1 aliphatic rings. The molecule has 0 radical (unpaired) electrons. The summed E-state index contributed by atoms with van der Waals surface area (Å²) in [5, 5.41) is 0. The van der Waals surface area contributed by atoms with Gasteiger partial charge in [-0.25, -0.2) is 4.79 Å². The van der Waals surface area contributed by atoms with Gasteiger partial charge in [-0.2, -0.15) is 0 Å². The number of carbonyl (C=O) groups excluding carboxylic acids is 2. The molecule has 1 rings (SSSR count). The molecule has 4 nitrogen and oxygen atoms in total. The lowest BCUT2D eigenvalue weighted by atomic mass is 9.89. The van der Waals surface area contributed by atoms with Gasteiger partial charge in [0, 0.05) is 12.8 Å². The molecule has 1 heterocycles. The predicted molar refractivity (Wildman–Crippen MR) is 62.9 cm³/mol. The zero-order chi connectivity index (χ0) is 13.2. The Balaban J connectivity index is 3.10. The van der Waals surface area contributed by atoms with Gasteiger partial charge in [0.2, 0.25) is 0 Å². The summed E-state index contributed by atoms with van der Waals surface area (Å²) in [6.07, 6.45) is 1.43. The highest BCUT2D eigenvalue weighted by atomic mass is 16.6. The van der Waals surface area contributed by atoms with Gasteiger partial charge in [-0.3, -0.25) is 4.79 Å². The smallest absolute Gasteiger partial charge is 0.338 e. The molecule has 0 amide bonds. The second kappa shape index (κ2) is 5.17. The van der Waals surface area contributed by atoms with Crippen molar-refractivity contribution >= 4 is 11.9 Å². The zero-order valence-electron chi connectivity index (χ0n) is 10.6. The Morgan fingerprint density at radius 1 is 1.47 bits per heavy atom. The number of hydrogen-bond acceptors (Lipinski definition) is 4. The normalized spacial score (nSPS) is 26.8. The van der Waals surface area contributed by atoms with Gasteiger partial charge in [0.25, 0.3) is 0 Å². The fourth-order valence-corrected chi connectivity index (χ4v) is 2.01. The van der Waals surface area contributed by atoms with E-state index in [1.807, 2.05) is 13.8 Å². The number of allylic oxidation sites excluding steroid dienone is 1. The predicted octanol–water partition coefficient (Wildman–Crippen LogP) is 2.21. The van der Waals surface area contributed by atoms with Crippen LogP contribution in [0, 0.1) is 11.8 Å². The van der Waals surface area contributed by atoms with E-state index in [0.29, 0.717) is 11.3 Å². The highest BCUT2D eigenvalue weighted by Gasteiger charge is 2.41. The van der Waals surface area contributed by atoms with Crippen LogP contribution in [0.3, 0.4) is 0 Å². The van der Waals surface area contributed by atoms with Crippen molar-refractivity contribution in [2.45, 2.75) is 33.8 Å². The first kappa shape index (κ1) is 13.5. The van der Waals surface area contributed by atoms with Crippen LogP contribution in [-0.4, -0.2) is 18.0 Å². The third kappa shape index (κ3) is 2.75. The van der Waals surface area contributed by atoms with E-state index in [1.165, 1.54) is 6.92 Å². The van der Waals surface area contributed by atoms with Gasteiger partial charge in [0.15, 0.2) is 0 Å². The van der Waals surface area contributed by atoms with Crippen molar-refractivity contribution in [2.75, 3.05) is 0 Å². The summed E-state index contributed by atoms with van der Waals surface area (Å²) in [6, 6.07) is 0. The maximum atomic E-state index is 11.8. The Bertz CT molecular complexity index is 379. The van der Waals surface area contributed by atoms with E-state index in [0.717, 1.165) is 0 Å². The number of ether oxygens (including phenoxy) is 2.